The maximum atomic E-state index is 13.1. The highest BCUT2D eigenvalue weighted by Gasteiger charge is 2.34. The van der Waals surface area contributed by atoms with Crippen LogP contribution in [0.1, 0.15) is 33.1 Å². The van der Waals surface area contributed by atoms with Gasteiger partial charge in [-0.05, 0) is 67.9 Å². The zero-order valence-electron chi connectivity index (χ0n) is 19.3. The Balaban J connectivity index is 1.37. The summed E-state index contributed by atoms with van der Waals surface area (Å²) in [6.45, 7) is 5.50. The number of benzene rings is 2. The van der Waals surface area contributed by atoms with Crippen LogP contribution in [0.4, 0.5) is 5.69 Å². The summed E-state index contributed by atoms with van der Waals surface area (Å²) in [5.74, 6) is 0.408. The van der Waals surface area contributed by atoms with Crippen molar-refractivity contribution in [2.45, 2.75) is 39.4 Å². The van der Waals surface area contributed by atoms with Crippen LogP contribution in [-0.4, -0.2) is 36.4 Å². The molecule has 0 bridgehead atoms. The lowest BCUT2D eigenvalue weighted by Gasteiger charge is -2.34. The van der Waals surface area contributed by atoms with Crippen molar-refractivity contribution < 1.29 is 23.8 Å². The minimum Gasteiger partial charge on any atom is -0.457 e. The summed E-state index contributed by atoms with van der Waals surface area (Å²) in [6, 6.07) is 16.4. The fourth-order valence-electron chi connectivity index (χ4n) is 3.66. The Morgan fingerprint density at radius 2 is 1.71 bits per heavy atom. The van der Waals surface area contributed by atoms with Crippen molar-refractivity contribution in [2.75, 3.05) is 18.1 Å². The number of hydrogen-bond donors (Lipinski definition) is 1. The molecule has 0 atom stereocenters. The van der Waals surface area contributed by atoms with Gasteiger partial charge >= 0.3 is 0 Å². The number of unbranched alkanes of at least 4 members (excludes halogenated alkanes) is 1. The second-order valence-corrected chi connectivity index (χ2v) is 9.46. The van der Waals surface area contributed by atoms with Crippen molar-refractivity contribution in [1.82, 2.24) is 5.32 Å². The SMILES string of the molecule is CC1(C)COC(CCC/C=C2\C(=O)NC(=S)N(c3ccc(Oc4ccccc4)cc3)C2=O)OC1. The van der Waals surface area contributed by atoms with Gasteiger partial charge in [-0.15, -0.1) is 0 Å². The van der Waals surface area contributed by atoms with Crippen LogP contribution in [0.15, 0.2) is 66.2 Å². The second-order valence-electron chi connectivity index (χ2n) is 9.07. The molecule has 2 aromatic rings. The standard InChI is InChI=1S/C26H28N2O5S/c1-26(2)16-31-22(32-17-26)11-7-6-10-21-23(29)27-25(34)28(24(21)30)18-12-14-20(15-13-18)33-19-8-4-3-5-9-19/h3-5,8-10,12-15,22H,6-7,11,16-17H2,1-2H3,(H,27,29,34)/b21-10+. The quantitative estimate of drug-likeness (QED) is 0.267. The molecule has 7 nitrogen and oxygen atoms in total. The molecule has 0 radical (unpaired) electrons. The first-order valence-corrected chi connectivity index (χ1v) is 11.7. The van der Waals surface area contributed by atoms with Gasteiger partial charge in [-0.1, -0.05) is 38.1 Å². The number of carbonyl (C=O) groups excluding carboxylic acids is 2. The highest BCUT2D eigenvalue weighted by atomic mass is 32.1. The van der Waals surface area contributed by atoms with Crippen molar-refractivity contribution in [3.8, 4) is 11.5 Å². The third kappa shape index (κ3) is 5.88. The average molecular weight is 481 g/mol. The molecule has 0 aliphatic carbocycles. The van der Waals surface area contributed by atoms with Gasteiger partial charge in [0.05, 0.1) is 18.9 Å². The zero-order chi connectivity index (χ0) is 24.1. The van der Waals surface area contributed by atoms with E-state index in [9.17, 15) is 9.59 Å². The number of thiocarbonyl (C=S) groups is 1. The van der Waals surface area contributed by atoms with Crippen LogP contribution < -0.4 is 15.0 Å². The van der Waals surface area contributed by atoms with E-state index in [1.807, 2.05) is 30.3 Å². The smallest absolute Gasteiger partial charge is 0.269 e. The van der Waals surface area contributed by atoms with Crippen LogP contribution >= 0.6 is 12.2 Å². The van der Waals surface area contributed by atoms with E-state index in [0.29, 0.717) is 43.2 Å². The molecule has 178 valence electrons. The zero-order valence-corrected chi connectivity index (χ0v) is 20.1. The van der Waals surface area contributed by atoms with E-state index < -0.39 is 11.8 Å². The number of anilines is 1. The van der Waals surface area contributed by atoms with Gasteiger partial charge in [0.2, 0.25) is 0 Å². The maximum Gasteiger partial charge on any atom is 0.269 e. The lowest BCUT2D eigenvalue weighted by molar-refractivity contribution is -0.223. The van der Waals surface area contributed by atoms with Crippen LogP contribution in [-0.2, 0) is 19.1 Å². The van der Waals surface area contributed by atoms with Gasteiger partial charge in [0.15, 0.2) is 11.4 Å². The van der Waals surface area contributed by atoms with Crippen molar-refractivity contribution in [1.29, 1.82) is 0 Å². The summed E-state index contributed by atoms with van der Waals surface area (Å²) in [4.78, 5) is 26.9. The van der Waals surface area contributed by atoms with E-state index in [-0.39, 0.29) is 22.4 Å². The molecule has 8 heteroatoms. The van der Waals surface area contributed by atoms with E-state index >= 15 is 0 Å². The predicted molar refractivity (Wildman–Crippen MR) is 133 cm³/mol. The Morgan fingerprint density at radius 1 is 1.06 bits per heavy atom. The van der Waals surface area contributed by atoms with Gasteiger partial charge in [0.25, 0.3) is 11.8 Å². The molecule has 4 rings (SSSR count). The number of para-hydroxylation sites is 1. The van der Waals surface area contributed by atoms with Crippen LogP contribution in [0.25, 0.3) is 0 Å². The second kappa shape index (κ2) is 10.5. The van der Waals surface area contributed by atoms with Crippen molar-refractivity contribution in [3.05, 3.63) is 66.2 Å². The third-order valence-electron chi connectivity index (χ3n) is 5.49. The minimum atomic E-state index is -0.484. The molecule has 1 N–H and O–H groups in total. The molecule has 2 aliphatic rings. The molecular formula is C26H28N2O5S. The first-order chi connectivity index (χ1) is 16.3. The molecule has 2 aliphatic heterocycles. The van der Waals surface area contributed by atoms with Crippen LogP contribution in [0.3, 0.4) is 0 Å². The van der Waals surface area contributed by atoms with Crippen molar-refractivity contribution in [3.63, 3.8) is 0 Å². The Hall–Kier alpha value is -3.07. The molecule has 34 heavy (non-hydrogen) atoms. The number of carbonyl (C=O) groups is 2. The topological polar surface area (TPSA) is 77.1 Å². The third-order valence-corrected chi connectivity index (χ3v) is 5.77. The van der Waals surface area contributed by atoms with E-state index in [1.165, 1.54) is 4.90 Å². The van der Waals surface area contributed by atoms with Gasteiger partial charge < -0.3 is 14.2 Å². The lowest BCUT2D eigenvalue weighted by atomic mass is 9.95. The fourth-order valence-corrected chi connectivity index (χ4v) is 3.94. The highest BCUT2D eigenvalue weighted by molar-refractivity contribution is 7.80. The Labute approximate surface area is 204 Å². The van der Waals surface area contributed by atoms with Crippen LogP contribution in [0.5, 0.6) is 11.5 Å². The van der Waals surface area contributed by atoms with Gasteiger partial charge in [0.1, 0.15) is 17.1 Å². The molecule has 2 heterocycles. The van der Waals surface area contributed by atoms with E-state index in [0.717, 1.165) is 6.42 Å². The predicted octanol–water partition coefficient (Wildman–Crippen LogP) is 4.72. The molecular weight excluding hydrogens is 452 g/mol. The van der Waals surface area contributed by atoms with Crippen molar-refractivity contribution in [2.24, 2.45) is 5.41 Å². The number of nitrogens with zero attached hydrogens (tertiary/aromatic N) is 1. The van der Waals surface area contributed by atoms with Gasteiger partial charge in [-0.2, -0.15) is 0 Å². The lowest BCUT2D eigenvalue weighted by Crippen LogP contribution is -2.54. The monoisotopic (exact) mass is 480 g/mol. The first-order valence-electron chi connectivity index (χ1n) is 11.3. The largest absolute Gasteiger partial charge is 0.457 e. The van der Waals surface area contributed by atoms with Gasteiger partial charge in [-0.25, -0.2) is 0 Å². The van der Waals surface area contributed by atoms with Crippen LogP contribution in [0.2, 0.25) is 0 Å². The summed E-state index contributed by atoms with van der Waals surface area (Å²) in [5, 5.41) is 2.66. The molecule has 0 saturated carbocycles. The Kier molecular flexibility index (Phi) is 7.41. The fraction of sp³-hybridized carbons (Fsp3) is 0.346. The summed E-state index contributed by atoms with van der Waals surface area (Å²) < 4.78 is 17.3. The number of ether oxygens (including phenoxy) is 3. The number of allylic oxidation sites excluding steroid dienone is 1. The van der Waals surface area contributed by atoms with Gasteiger partial charge in [-0.3, -0.25) is 19.8 Å². The summed E-state index contributed by atoms with van der Waals surface area (Å²) in [6.07, 6.45) is 3.38. The number of nitrogens with one attached hydrogen (secondary N) is 1. The Bertz CT molecular complexity index is 1070. The number of rotatable bonds is 7. The molecule has 0 aromatic heterocycles. The van der Waals surface area contributed by atoms with Crippen LogP contribution in [0, 0.1) is 5.41 Å². The number of amides is 2. The Morgan fingerprint density at radius 3 is 2.38 bits per heavy atom. The normalized spacial score (nSPS) is 19.9. The molecule has 0 spiro atoms. The summed E-state index contributed by atoms with van der Waals surface area (Å²) in [7, 11) is 0. The molecule has 2 saturated heterocycles. The maximum absolute atomic E-state index is 13.1. The highest BCUT2D eigenvalue weighted by Crippen LogP contribution is 2.27. The molecule has 2 amide bonds. The van der Waals surface area contributed by atoms with E-state index in [4.69, 9.17) is 26.4 Å². The molecule has 2 aromatic carbocycles. The number of hydrogen-bond acceptors (Lipinski definition) is 6. The van der Waals surface area contributed by atoms with E-state index in [2.05, 4.69) is 19.2 Å². The average Bonchev–Trinajstić information content (AvgIpc) is 2.81. The van der Waals surface area contributed by atoms with E-state index in [1.54, 1.807) is 30.3 Å². The first kappa shape index (κ1) is 24.1. The van der Waals surface area contributed by atoms with Crippen molar-refractivity contribution >= 4 is 34.8 Å². The minimum absolute atomic E-state index is 0.0266. The molecule has 2 fully saturated rings. The van der Waals surface area contributed by atoms with Gasteiger partial charge in [0, 0.05) is 5.41 Å². The summed E-state index contributed by atoms with van der Waals surface area (Å²) >= 11 is 5.27. The molecule has 0 unspecified atom stereocenters. The summed E-state index contributed by atoms with van der Waals surface area (Å²) in [5.41, 5.74) is 0.650.